The molecule has 1 heterocycles. The van der Waals surface area contributed by atoms with Crippen LogP contribution in [0.2, 0.25) is 0 Å². The van der Waals surface area contributed by atoms with Crippen LogP contribution in [0.1, 0.15) is 12.7 Å². The molecule has 0 amide bonds. The van der Waals surface area contributed by atoms with Gasteiger partial charge in [-0.15, -0.1) is 0 Å². The summed E-state index contributed by atoms with van der Waals surface area (Å²) >= 11 is 0. The van der Waals surface area contributed by atoms with Gasteiger partial charge in [-0.25, -0.2) is 4.98 Å². The van der Waals surface area contributed by atoms with Gasteiger partial charge >= 0.3 is 5.97 Å². The van der Waals surface area contributed by atoms with Crippen molar-refractivity contribution in [1.29, 1.82) is 0 Å². The quantitative estimate of drug-likeness (QED) is 0.702. The maximum absolute atomic E-state index is 11.1. The Balaban J connectivity index is 2.28. The molecule has 0 aliphatic carbocycles. The molecule has 1 unspecified atom stereocenters. The molecule has 1 rings (SSSR count). The van der Waals surface area contributed by atoms with Crippen molar-refractivity contribution in [3.05, 3.63) is 18.2 Å². The van der Waals surface area contributed by atoms with E-state index >= 15 is 0 Å². The van der Waals surface area contributed by atoms with E-state index in [4.69, 9.17) is 0 Å². The first kappa shape index (κ1) is 11.7. The molecule has 0 radical (unpaired) electrons. The van der Waals surface area contributed by atoms with Gasteiger partial charge in [-0.3, -0.25) is 4.79 Å². The number of rotatable bonds is 5. The average molecular weight is 211 g/mol. The number of imidazole rings is 1. The zero-order valence-corrected chi connectivity index (χ0v) is 9.36. The van der Waals surface area contributed by atoms with Crippen molar-refractivity contribution in [2.75, 3.05) is 13.7 Å². The number of nitrogens with zero attached hydrogens (tertiary/aromatic N) is 2. The molecular formula is C10H17N3O2. The number of hydrogen-bond acceptors (Lipinski definition) is 4. The Kier molecular flexibility index (Phi) is 4.30. The second-order valence-corrected chi connectivity index (χ2v) is 3.40. The van der Waals surface area contributed by atoms with Crippen LogP contribution in [0.25, 0.3) is 0 Å². The molecule has 84 valence electrons. The SMILES string of the molecule is COC(=O)C(C)NCCc1nccn1C. The van der Waals surface area contributed by atoms with E-state index in [1.165, 1.54) is 7.11 Å². The van der Waals surface area contributed by atoms with Crippen LogP contribution < -0.4 is 5.32 Å². The fraction of sp³-hybridized carbons (Fsp3) is 0.600. The molecule has 15 heavy (non-hydrogen) atoms. The first-order valence-electron chi connectivity index (χ1n) is 4.92. The second-order valence-electron chi connectivity index (χ2n) is 3.40. The van der Waals surface area contributed by atoms with E-state index in [2.05, 4.69) is 15.0 Å². The zero-order chi connectivity index (χ0) is 11.3. The summed E-state index contributed by atoms with van der Waals surface area (Å²) in [7, 11) is 3.34. The summed E-state index contributed by atoms with van der Waals surface area (Å²) in [5.41, 5.74) is 0. The smallest absolute Gasteiger partial charge is 0.322 e. The highest BCUT2D eigenvalue weighted by molar-refractivity contribution is 5.75. The van der Waals surface area contributed by atoms with E-state index in [1.54, 1.807) is 13.1 Å². The van der Waals surface area contributed by atoms with E-state index < -0.39 is 0 Å². The van der Waals surface area contributed by atoms with Crippen molar-refractivity contribution in [3.8, 4) is 0 Å². The van der Waals surface area contributed by atoms with E-state index in [0.717, 1.165) is 12.2 Å². The zero-order valence-electron chi connectivity index (χ0n) is 9.36. The van der Waals surface area contributed by atoms with E-state index in [1.807, 2.05) is 17.8 Å². The van der Waals surface area contributed by atoms with Gasteiger partial charge in [0.15, 0.2) is 0 Å². The van der Waals surface area contributed by atoms with Crippen LogP contribution in [0, 0.1) is 0 Å². The number of aryl methyl sites for hydroxylation is 1. The number of esters is 1. The Morgan fingerprint density at radius 1 is 1.73 bits per heavy atom. The molecule has 0 fully saturated rings. The molecule has 0 saturated heterocycles. The number of methoxy groups -OCH3 is 1. The lowest BCUT2D eigenvalue weighted by molar-refractivity contribution is -0.142. The summed E-state index contributed by atoms with van der Waals surface area (Å²) in [5, 5.41) is 3.07. The van der Waals surface area contributed by atoms with E-state index in [0.29, 0.717) is 6.54 Å². The van der Waals surface area contributed by atoms with Crippen molar-refractivity contribution in [1.82, 2.24) is 14.9 Å². The molecule has 1 aromatic rings. The number of carbonyl (C=O) groups is 1. The summed E-state index contributed by atoms with van der Waals surface area (Å²) in [6, 6.07) is -0.268. The molecule has 0 aliphatic heterocycles. The molecule has 0 saturated carbocycles. The van der Waals surface area contributed by atoms with Gasteiger partial charge < -0.3 is 14.6 Å². The standard InChI is InChI=1S/C10H17N3O2/c1-8(10(14)15-3)11-5-4-9-12-6-7-13(9)2/h6-8,11H,4-5H2,1-3H3. The highest BCUT2D eigenvalue weighted by Crippen LogP contribution is 1.95. The van der Waals surface area contributed by atoms with E-state index in [9.17, 15) is 4.79 Å². The van der Waals surface area contributed by atoms with Crippen molar-refractivity contribution in [2.24, 2.45) is 7.05 Å². The van der Waals surface area contributed by atoms with Crippen LogP contribution in [-0.4, -0.2) is 35.2 Å². The van der Waals surface area contributed by atoms with Crippen molar-refractivity contribution in [3.63, 3.8) is 0 Å². The van der Waals surface area contributed by atoms with Crippen molar-refractivity contribution < 1.29 is 9.53 Å². The summed E-state index contributed by atoms with van der Waals surface area (Å²) in [5.74, 6) is 0.759. The molecule has 0 bridgehead atoms. The van der Waals surface area contributed by atoms with E-state index in [-0.39, 0.29) is 12.0 Å². The molecule has 0 aliphatic rings. The molecule has 5 nitrogen and oxygen atoms in total. The van der Waals surface area contributed by atoms with Gasteiger partial charge in [0.05, 0.1) is 7.11 Å². The molecule has 1 atom stereocenters. The van der Waals surface area contributed by atoms with Crippen LogP contribution in [0.15, 0.2) is 12.4 Å². The van der Waals surface area contributed by atoms with Crippen LogP contribution in [-0.2, 0) is 23.0 Å². The molecule has 5 heteroatoms. The second kappa shape index (κ2) is 5.50. The Hall–Kier alpha value is -1.36. The molecule has 1 N–H and O–H groups in total. The average Bonchev–Trinajstić information content (AvgIpc) is 2.63. The lowest BCUT2D eigenvalue weighted by Crippen LogP contribution is -2.36. The monoisotopic (exact) mass is 211 g/mol. The largest absolute Gasteiger partial charge is 0.468 e. The minimum atomic E-state index is -0.268. The minimum Gasteiger partial charge on any atom is -0.468 e. The van der Waals surface area contributed by atoms with Gasteiger partial charge in [0.2, 0.25) is 0 Å². The number of ether oxygens (including phenoxy) is 1. The summed E-state index contributed by atoms with van der Waals surface area (Å²) < 4.78 is 6.56. The van der Waals surface area contributed by atoms with Gasteiger partial charge in [0, 0.05) is 32.4 Å². The fourth-order valence-corrected chi connectivity index (χ4v) is 1.30. The van der Waals surface area contributed by atoms with Crippen LogP contribution in [0.3, 0.4) is 0 Å². The molecule has 0 aromatic carbocycles. The fourth-order valence-electron chi connectivity index (χ4n) is 1.30. The van der Waals surface area contributed by atoms with Crippen LogP contribution in [0.4, 0.5) is 0 Å². The topological polar surface area (TPSA) is 56.1 Å². The highest BCUT2D eigenvalue weighted by atomic mass is 16.5. The maximum Gasteiger partial charge on any atom is 0.322 e. The van der Waals surface area contributed by atoms with Gasteiger partial charge in [-0.2, -0.15) is 0 Å². The van der Waals surface area contributed by atoms with Crippen LogP contribution >= 0.6 is 0 Å². The third kappa shape index (κ3) is 3.36. The Bertz CT molecular complexity index is 322. The van der Waals surface area contributed by atoms with Crippen molar-refractivity contribution >= 4 is 5.97 Å². The predicted octanol–water partition coefficient (Wildman–Crippen LogP) is 0.114. The minimum absolute atomic E-state index is 0.241. The first-order valence-corrected chi connectivity index (χ1v) is 4.92. The molecular weight excluding hydrogens is 194 g/mol. The third-order valence-electron chi connectivity index (χ3n) is 2.27. The Morgan fingerprint density at radius 3 is 3.00 bits per heavy atom. The summed E-state index contributed by atoms with van der Waals surface area (Å²) in [6.07, 6.45) is 4.46. The van der Waals surface area contributed by atoms with Gasteiger partial charge in [0.25, 0.3) is 0 Å². The molecule has 1 aromatic heterocycles. The maximum atomic E-state index is 11.1. The highest BCUT2D eigenvalue weighted by Gasteiger charge is 2.11. The van der Waals surface area contributed by atoms with Gasteiger partial charge in [-0.05, 0) is 6.92 Å². The number of nitrogens with one attached hydrogen (secondary N) is 1. The lowest BCUT2D eigenvalue weighted by Gasteiger charge is -2.10. The van der Waals surface area contributed by atoms with Gasteiger partial charge in [0.1, 0.15) is 11.9 Å². The third-order valence-corrected chi connectivity index (χ3v) is 2.27. The first-order chi connectivity index (χ1) is 7.15. The molecule has 0 spiro atoms. The Morgan fingerprint density at radius 2 is 2.47 bits per heavy atom. The number of hydrogen-bond donors (Lipinski definition) is 1. The predicted molar refractivity (Wildman–Crippen MR) is 56.4 cm³/mol. The van der Waals surface area contributed by atoms with Crippen molar-refractivity contribution in [2.45, 2.75) is 19.4 Å². The number of aromatic nitrogens is 2. The lowest BCUT2D eigenvalue weighted by atomic mass is 10.3. The Labute approximate surface area is 89.4 Å². The van der Waals surface area contributed by atoms with Gasteiger partial charge in [-0.1, -0.05) is 0 Å². The number of carbonyl (C=O) groups excluding carboxylic acids is 1. The summed E-state index contributed by atoms with van der Waals surface area (Å²) in [4.78, 5) is 15.2. The summed E-state index contributed by atoms with van der Waals surface area (Å²) in [6.45, 7) is 2.49. The van der Waals surface area contributed by atoms with Crippen LogP contribution in [0.5, 0.6) is 0 Å². The normalized spacial score (nSPS) is 12.5.